The van der Waals surface area contributed by atoms with Crippen LogP contribution in [0.15, 0.2) is 35.6 Å². The number of nitrogens with one attached hydrogen (secondary N) is 3. The number of aliphatic imine (C=N–C) groups is 1. The maximum atomic E-state index is 6.05. The van der Waals surface area contributed by atoms with Crippen LogP contribution in [0.2, 0.25) is 0 Å². The van der Waals surface area contributed by atoms with Crippen molar-refractivity contribution in [2.24, 2.45) is 4.99 Å². The second-order valence-electron chi connectivity index (χ2n) is 7.14. The zero-order valence-corrected chi connectivity index (χ0v) is 19.5. The van der Waals surface area contributed by atoms with Crippen molar-refractivity contribution >= 4 is 29.9 Å². The van der Waals surface area contributed by atoms with E-state index in [2.05, 4.69) is 44.9 Å². The van der Waals surface area contributed by atoms with E-state index in [1.165, 1.54) is 44.9 Å². The van der Waals surface area contributed by atoms with E-state index in [-0.39, 0.29) is 24.0 Å². The monoisotopic (exact) mass is 512 g/mol. The zero-order valence-electron chi connectivity index (χ0n) is 17.2. The summed E-state index contributed by atoms with van der Waals surface area (Å²) in [6.45, 7) is 4.98. The van der Waals surface area contributed by atoms with Crippen LogP contribution in [0.1, 0.15) is 51.0 Å². The molecule has 1 aliphatic carbocycles. The largest absolute Gasteiger partial charge is 0.376 e. The van der Waals surface area contributed by atoms with Crippen LogP contribution >= 0.6 is 24.0 Å². The predicted octanol–water partition coefficient (Wildman–Crippen LogP) is 3.88. The number of nitrogens with zero attached hydrogens (tertiary/aromatic N) is 3. The Bertz CT molecular complexity index is 714. The van der Waals surface area contributed by atoms with E-state index in [0.29, 0.717) is 12.6 Å². The first-order valence-corrected chi connectivity index (χ1v) is 10.4. The molecular formula is C21H33IN6O. The van der Waals surface area contributed by atoms with Gasteiger partial charge in [0.1, 0.15) is 6.33 Å². The molecule has 7 nitrogen and oxygen atoms in total. The standard InChI is InChI=1S/C21H32N6O.HI/c1-2-22-21(23-12-13-28-19-10-5-3-4-6-11-19)24-15-17-8-7-9-18(14-17)20-25-16-26-27-20;/h7-9,14,16,19H,2-6,10-13,15H2,1H3,(H2,22,23,24)(H,25,26,27);1H. The number of rotatable bonds is 8. The number of benzene rings is 1. The summed E-state index contributed by atoms with van der Waals surface area (Å²) in [5.41, 5.74) is 2.14. The van der Waals surface area contributed by atoms with E-state index in [1.807, 2.05) is 12.1 Å². The molecule has 1 heterocycles. The Morgan fingerprint density at radius 3 is 2.76 bits per heavy atom. The van der Waals surface area contributed by atoms with Crippen LogP contribution < -0.4 is 10.6 Å². The quantitative estimate of drug-likeness (QED) is 0.164. The molecule has 0 spiro atoms. The molecular weight excluding hydrogens is 479 g/mol. The number of H-pyrrole nitrogens is 1. The van der Waals surface area contributed by atoms with Gasteiger partial charge in [-0.05, 0) is 31.4 Å². The highest BCUT2D eigenvalue weighted by Crippen LogP contribution is 2.19. The van der Waals surface area contributed by atoms with Gasteiger partial charge in [0.25, 0.3) is 0 Å². The Kier molecular flexibility index (Phi) is 11.0. The summed E-state index contributed by atoms with van der Waals surface area (Å²) in [6.07, 6.45) is 9.67. The molecule has 0 radical (unpaired) electrons. The van der Waals surface area contributed by atoms with E-state index in [1.54, 1.807) is 0 Å². The second-order valence-corrected chi connectivity index (χ2v) is 7.14. The maximum absolute atomic E-state index is 6.05. The van der Waals surface area contributed by atoms with Crippen LogP contribution in [-0.4, -0.2) is 46.9 Å². The number of guanidine groups is 1. The lowest BCUT2D eigenvalue weighted by Crippen LogP contribution is -2.39. The van der Waals surface area contributed by atoms with Gasteiger partial charge in [-0.15, -0.1) is 24.0 Å². The first-order chi connectivity index (χ1) is 13.8. The molecule has 1 fully saturated rings. The van der Waals surface area contributed by atoms with Crippen molar-refractivity contribution in [3.8, 4) is 11.4 Å². The molecule has 160 valence electrons. The summed E-state index contributed by atoms with van der Waals surface area (Å²) in [5, 5.41) is 13.5. The fraction of sp³-hybridized carbons (Fsp3) is 0.571. The molecule has 8 heteroatoms. The summed E-state index contributed by atoms with van der Waals surface area (Å²) in [5.74, 6) is 1.59. The Labute approximate surface area is 190 Å². The molecule has 0 bridgehead atoms. The fourth-order valence-corrected chi connectivity index (χ4v) is 3.48. The molecule has 0 amide bonds. The summed E-state index contributed by atoms with van der Waals surface area (Å²) in [4.78, 5) is 8.90. The Hall–Kier alpha value is -1.68. The number of hydrogen-bond donors (Lipinski definition) is 3. The Balaban J connectivity index is 0.00000300. The van der Waals surface area contributed by atoms with Crippen LogP contribution in [0.4, 0.5) is 0 Å². The lowest BCUT2D eigenvalue weighted by Gasteiger charge is -2.16. The molecule has 1 aromatic heterocycles. The maximum Gasteiger partial charge on any atom is 0.191 e. The average molecular weight is 512 g/mol. The molecule has 0 atom stereocenters. The molecule has 0 saturated heterocycles. The normalized spacial score (nSPS) is 15.4. The van der Waals surface area contributed by atoms with Crippen molar-refractivity contribution in [3.05, 3.63) is 36.2 Å². The van der Waals surface area contributed by atoms with E-state index in [9.17, 15) is 0 Å². The number of aromatic amines is 1. The third-order valence-corrected chi connectivity index (χ3v) is 4.93. The van der Waals surface area contributed by atoms with Gasteiger partial charge in [-0.2, -0.15) is 5.10 Å². The minimum Gasteiger partial charge on any atom is -0.376 e. The summed E-state index contributed by atoms with van der Waals surface area (Å²) < 4.78 is 6.05. The molecule has 1 aromatic carbocycles. The van der Waals surface area contributed by atoms with Crippen LogP contribution in [0.5, 0.6) is 0 Å². The van der Waals surface area contributed by atoms with E-state index in [0.717, 1.165) is 42.6 Å². The number of aromatic nitrogens is 3. The predicted molar refractivity (Wildman–Crippen MR) is 127 cm³/mol. The Morgan fingerprint density at radius 2 is 2.03 bits per heavy atom. The molecule has 3 N–H and O–H groups in total. The van der Waals surface area contributed by atoms with Crippen molar-refractivity contribution in [3.63, 3.8) is 0 Å². The van der Waals surface area contributed by atoms with Crippen molar-refractivity contribution < 1.29 is 4.74 Å². The molecule has 29 heavy (non-hydrogen) atoms. The average Bonchev–Trinajstić information content (AvgIpc) is 3.14. The number of halogens is 1. The van der Waals surface area contributed by atoms with Gasteiger partial charge in [0.05, 0.1) is 19.3 Å². The minimum absolute atomic E-state index is 0. The number of hydrogen-bond acceptors (Lipinski definition) is 4. The van der Waals surface area contributed by atoms with Gasteiger partial charge >= 0.3 is 0 Å². The lowest BCUT2D eigenvalue weighted by molar-refractivity contribution is 0.0468. The van der Waals surface area contributed by atoms with Crippen LogP contribution in [0, 0.1) is 0 Å². The molecule has 1 saturated carbocycles. The topological polar surface area (TPSA) is 87.2 Å². The smallest absolute Gasteiger partial charge is 0.191 e. The molecule has 2 aromatic rings. The van der Waals surface area contributed by atoms with E-state index >= 15 is 0 Å². The van der Waals surface area contributed by atoms with Gasteiger partial charge in [0.15, 0.2) is 11.8 Å². The third-order valence-electron chi connectivity index (χ3n) is 4.93. The van der Waals surface area contributed by atoms with Crippen LogP contribution in [0.25, 0.3) is 11.4 Å². The van der Waals surface area contributed by atoms with Gasteiger partial charge in [0.2, 0.25) is 0 Å². The van der Waals surface area contributed by atoms with Crippen molar-refractivity contribution in [1.29, 1.82) is 0 Å². The minimum atomic E-state index is 0. The highest BCUT2D eigenvalue weighted by molar-refractivity contribution is 14.0. The summed E-state index contributed by atoms with van der Waals surface area (Å²) in [7, 11) is 0. The SMILES string of the molecule is CCNC(=NCc1cccc(-c2ncn[nH]2)c1)NCCOC1CCCCCC1.I. The number of ether oxygens (including phenoxy) is 1. The highest BCUT2D eigenvalue weighted by atomic mass is 127. The molecule has 3 rings (SSSR count). The van der Waals surface area contributed by atoms with E-state index < -0.39 is 0 Å². The van der Waals surface area contributed by atoms with Gasteiger partial charge in [-0.1, -0.05) is 43.9 Å². The fourth-order valence-electron chi connectivity index (χ4n) is 3.48. The van der Waals surface area contributed by atoms with Gasteiger partial charge in [-0.25, -0.2) is 9.98 Å². The van der Waals surface area contributed by atoms with Gasteiger partial charge in [0, 0.05) is 18.7 Å². The van der Waals surface area contributed by atoms with Crippen LogP contribution in [0.3, 0.4) is 0 Å². The summed E-state index contributed by atoms with van der Waals surface area (Å²) in [6, 6.07) is 8.19. The van der Waals surface area contributed by atoms with Crippen molar-refractivity contribution in [1.82, 2.24) is 25.8 Å². The van der Waals surface area contributed by atoms with E-state index in [4.69, 9.17) is 9.73 Å². The summed E-state index contributed by atoms with van der Waals surface area (Å²) >= 11 is 0. The third kappa shape index (κ3) is 8.30. The lowest BCUT2D eigenvalue weighted by atomic mass is 10.1. The van der Waals surface area contributed by atoms with Gasteiger partial charge in [-0.3, -0.25) is 5.10 Å². The first kappa shape index (κ1) is 23.6. The van der Waals surface area contributed by atoms with Crippen molar-refractivity contribution in [2.45, 2.75) is 58.1 Å². The van der Waals surface area contributed by atoms with Crippen LogP contribution in [-0.2, 0) is 11.3 Å². The zero-order chi connectivity index (χ0) is 19.4. The highest BCUT2D eigenvalue weighted by Gasteiger charge is 2.12. The Morgan fingerprint density at radius 1 is 1.21 bits per heavy atom. The molecule has 0 aliphatic heterocycles. The van der Waals surface area contributed by atoms with Gasteiger partial charge < -0.3 is 15.4 Å². The molecule has 0 unspecified atom stereocenters. The first-order valence-electron chi connectivity index (χ1n) is 10.4. The molecule has 1 aliphatic rings. The second kappa shape index (κ2) is 13.5. The van der Waals surface area contributed by atoms with Crippen molar-refractivity contribution in [2.75, 3.05) is 19.7 Å².